The fraction of sp³-hybridized carbons (Fsp3) is 0.238. The molecule has 31 heavy (non-hydrogen) atoms. The molecule has 0 saturated heterocycles. The van der Waals surface area contributed by atoms with Crippen LogP contribution in [0.15, 0.2) is 54.6 Å². The maximum atomic E-state index is 11.8. The molecular weight excluding hydrogens is 442 g/mol. The number of hydrogen-bond donors (Lipinski definition) is 3. The molecule has 10 heteroatoms. The SMILES string of the molecule is O=C(COc1ccccc1Cl)NNC(=S)NC(=O)CCC(=O)OCCc1ccccc1. The number of amides is 2. The Morgan fingerprint density at radius 3 is 2.35 bits per heavy atom. The second-order valence-electron chi connectivity index (χ2n) is 6.23. The third-order valence-corrected chi connectivity index (χ3v) is 4.33. The van der Waals surface area contributed by atoms with Crippen molar-refractivity contribution in [3.63, 3.8) is 0 Å². The number of carbonyl (C=O) groups excluding carboxylic acids is 3. The molecule has 0 aliphatic heterocycles. The summed E-state index contributed by atoms with van der Waals surface area (Å²) < 4.78 is 10.4. The van der Waals surface area contributed by atoms with Gasteiger partial charge in [-0.2, -0.15) is 0 Å². The third kappa shape index (κ3) is 9.92. The van der Waals surface area contributed by atoms with Crippen LogP contribution in [0.4, 0.5) is 0 Å². The lowest BCUT2D eigenvalue weighted by Gasteiger charge is -2.12. The number of hydrogen-bond acceptors (Lipinski definition) is 6. The van der Waals surface area contributed by atoms with E-state index in [0.717, 1.165) is 5.56 Å². The van der Waals surface area contributed by atoms with Crippen LogP contribution in [-0.2, 0) is 25.5 Å². The number of carbonyl (C=O) groups is 3. The third-order valence-electron chi connectivity index (χ3n) is 3.82. The number of thiocarbonyl (C=S) groups is 1. The Hall–Kier alpha value is -3.17. The molecule has 0 unspecified atom stereocenters. The highest BCUT2D eigenvalue weighted by molar-refractivity contribution is 7.80. The van der Waals surface area contributed by atoms with Crippen molar-refractivity contribution in [2.75, 3.05) is 13.2 Å². The van der Waals surface area contributed by atoms with Crippen LogP contribution in [-0.4, -0.2) is 36.1 Å². The molecule has 0 aromatic heterocycles. The Bertz CT molecular complexity index is 911. The summed E-state index contributed by atoms with van der Waals surface area (Å²) in [6.45, 7) is -0.0607. The maximum absolute atomic E-state index is 11.8. The largest absolute Gasteiger partial charge is 0.482 e. The Balaban J connectivity index is 1.55. The predicted octanol–water partition coefficient (Wildman–Crippen LogP) is 2.31. The molecule has 0 atom stereocenters. The lowest BCUT2D eigenvalue weighted by atomic mass is 10.2. The minimum Gasteiger partial charge on any atom is -0.482 e. The van der Waals surface area contributed by atoms with Crippen molar-refractivity contribution in [3.05, 3.63) is 65.2 Å². The average molecular weight is 464 g/mol. The van der Waals surface area contributed by atoms with Crippen LogP contribution in [0.2, 0.25) is 5.02 Å². The van der Waals surface area contributed by atoms with Gasteiger partial charge in [0.25, 0.3) is 5.91 Å². The molecule has 0 bridgehead atoms. The van der Waals surface area contributed by atoms with Crippen molar-refractivity contribution in [1.29, 1.82) is 0 Å². The zero-order valence-corrected chi connectivity index (χ0v) is 18.1. The molecule has 2 rings (SSSR count). The van der Waals surface area contributed by atoms with Gasteiger partial charge in [-0.3, -0.25) is 25.2 Å². The Kier molecular flexibility index (Phi) is 10.3. The van der Waals surface area contributed by atoms with Gasteiger partial charge in [-0.05, 0) is 29.9 Å². The van der Waals surface area contributed by atoms with Crippen molar-refractivity contribution in [3.8, 4) is 5.75 Å². The van der Waals surface area contributed by atoms with Gasteiger partial charge in [0.15, 0.2) is 11.7 Å². The molecular formula is C21H22ClN3O5S. The summed E-state index contributed by atoms with van der Waals surface area (Å²) in [5, 5.41) is 2.61. The highest BCUT2D eigenvalue weighted by Crippen LogP contribution is 2.22. The van der Waals surface area contributed by atoms with E-state index in [0.29, 0.717) is 17.2 Å². The van der Waals surface area contributed by atoms with Gasteiger partial charge in [0, 0.05) is 12.8 Å². The van der Waals surface area contributed by atoms with E-state index in [1.165, 1.54) is 0 Å². The smallest absolute Gasteiger partial charge is 0.306 e. The minimum atomic E-state index is -0.529. The Labute approximate surface area is 190 Å². The lowest BCUT2D eigenvalue weighted by Crippen LogP contribution is -2.49. The van der Waals surface area contributed by atoms with Gasteiger partial charge in [-0.25, -0.2) is 0 Å². The minimum absolute atomic E-state index is 0.0821. The summed E-state index contributed by atoms with van der Waals surface area (Å²) in [7, 11) is 0. The van der Waals surface area contributed by atoms with E-state index in [4.69, 9.17) is 33.3 Å². The summed E-state index contributed by atoms with van der Waals surface area (Å²) in [6.07, 6.45) is 0.420. The summed E-state index contributed by atoms with van der Waals surface area (Å²) >= 11 is 10.8. The van der Waals surface area contributed by atoms with E-state index in [2.05, 4.69) is 16.2 Å². The standard InChI is InChI=1S/C21H22ClN3O5S/c22-16-8-4-5-9-17(16)30-14-19(27)24-25-21(31)23-18(26)10-11-20(28)29-13-12-15-6-2-1-3-7-15/h1-9H,10-14H2,(H,24,27)(H2,23,25,26,31). The zero-order chi connectivity index (χ0) is 22.5. The van der Waals surface area contributed by atoms with Crippen molar-refractivity contribution in [1.82, 2.24) is 16.2 Å². The number of ether oxygens (including phenoxy) is 2. The number of hydrazine groups is 1. The molecule has 0 fully saturated rings. The molecule has 0 aliphatic carbocycles. The number of para-hydroxylation sites is 1. The van der Waals surface area contributed by atoms with E-state index < -0.39 is 17.8 Å². The van der Waals surface area contributed by atoms with Gasteiger partial charge >= 0.3 is 5.97 Å². The molecule has 164 valence electrons. The average Bonchev–Trinajstić information content (AvgIpc) is 2.76. The van der Waals surface area contributed by atoms with Crippen LogP contribution < -0.4 is 20.9 Å². The lowest BCUT2D eigenvalue weighted by molar-refractivity contribution is -0.144. The van der Waals surface area contributed by atoms with Crippen molar-refractivity contribution in [2.45, 2.75) is 19.3 Å². The molecule has 2 amide bonds. The van der Waals surface area contributed by atoms with E-state index in [9.17, 15) is 14.4 Å². The first kappa shape index (κ1) is 24.1. The van der Waals surface area contributed by atoms with Crippen LogP contribution >= 0.6 is 23.8 Å². The number of halogens is 1. The molecule has 2 aromatic rings. The topological polar surface area (TPSA) is 106 Å². The molecule has 3 N–H and O–H groups in total. The van der Waals surface area contributed by atoms with Crippen LogP contribution in [0.5, 0.6) is 5.75 Å². The quantitative estimate of drug-likeness (QED) is 0.297. The monoisotopic (exact) mass is 463 g/mol. The van der Waals surface area contributed by atoms with Gasteiger partial charge in [-0.1, -0.05) is 54.1 Å². The van der Waals surface area contributed by atoms with Crippen LogP contribution in [0, 0.1) is 0 Å². The summed E-state index contributed by atoms with van der Waals surface area (Å²) in [5.74, 6) is -1.13. The number of esters is 1. The van der Waals surface area contributed by atoms with E-state index in [-0.39, 0.29) is 31.2 Å². The summed E-state index contributed by atoms with van der Waals surface area (Å²) in [4.78, 5) is 35.3. The van der Waals surface area contributed by atoms with Gasteiger partial charge in [-0.15, -0.1) is 0 Å². The number of nitrogens with one attached hydrogen (secondary N) is 3. The molecule has 0 radical (unpaired) electrons. The fourth-order valence-corrected chi connectivity index (χ4v) is 2.66. The predicted molar refractivity (Wildman–Crippen MR) is 119 cm³/mol. The molecule has 2 aromatic carbocycles. The number of rotatable bonds is 9. The number of benzene rings is 2. The van der Waals surface area contributed by atoms with Crippen molar-refractivity contribution in [2.24, 2.45) is 0 Å². The summed E-state index contributed by atoms with van der Waals surface area (Å²) in [6, 6.07) is 16.3. The first-order valence-corrected chi connectivity index (χ1v) is 10.2. The Morgan fingerprint density at radius 1 is 0.903 bits per heavy atom. The fourth-order valence-electron chi connectivity index (χ4n) is 2.30. The molecule has 0 spiro atoms. The first-order valence-electron chi connectivity index (χ1n) is 9.39. The molecule has 0 aliphatic rings. The van der Waals surface area contributed by atoms with E-state index >= 15 is 0 Å². The molecule has 0 saturated carbocycles. The highest BCUT2D eigenvalue weighted by Gasteiger charge is 2.11. The zero-order valence-electron chi connectivity index (χ0n) is 16.6. The highest BCUT2D eigenvalue weighted by atomic mass is 35.5. The maximum Gasteiger partial charge on any atom is 0.306 e. The Morgan fingerprint density at radius 2 is 1.61 bits per heavy atom. The second kappa shape index (κ2) is 13.2. The summed E-state index contributed by atoms with van der Waals surface area (Å²) in [5.41, 5.74) is 5.72. The van der Waals surface area contributed by atoms with E-state index in [1.807, 2.05) is 30.3 Å². The second-order valence-corrected chi connectivity index (χ2v) is 7.04. The normalized spacial score (nSPS) is 9.97. The molecule has 0 heterocycles. The van der Waals surface area contributed by atoms with Gasteiger partial charge in [0.05, 0.1) is 18.1 Å². The first-order chi connectivity index (χ1) is 14.9. The van der Waals surface area contributed by atoms with Gasteiger partial charge in [0.1, 0.15) is 5.75 Å². The van der Waals surface area contributed by atoms with Gasteiger partial charge < -0.3 is 14.8 Å². The molecule has 8 nitrogen and oxygen atoms in total. The van der Waals surface area contributed by atoms with Gasteiger partial charge in [0.2, 0.25) is 5.91 Å². The van der Waals surface area contributed by atoms with Crippen molar-refractivity contribution >= 4 is 46.7 Å². The van der Waals surface area contributed by atoms with Crippen molar-refractivity contribution < 1.29 is 23.9 Å². The van der Waals surface area contributed by atoms with Crippen LogP contribution in [0.3, 0.4) is 0 Å². The van der Waals surface area contributed by atoms with E-state index in [1.54, 1.807) is 24.3 Å². The van der Waals surface area contributed by atoms with Crippen LogP contribution in [0.25, 0.3) is 0 Å². The van der Waals surface area contributed by atoms with Crippen LogP contribution in [0.1, 0.15) is 18.4 Å².